The van der Waals surface area contributed by atoms with Crippen LogP contribution in [-0.2, 0) is 0 Å². The number of aliphatic imine (C=N–C) groups is 1. The fraction of sp³-hybridized carbons (Fsp3) is 0.222. The van der Waals surface area contributed by atoms with Crippen LogP contribution in [0.15, 0.2) is 71.4 Å². The molecule has 0 heterocycles. The lowest BCUT2D eigenvalue weighted by molar-refractivity contribution is -0.110. The molecule has 1 aliphatic rings. The SMILES string of the molecule is CC(C)(C)N(O)/C=C1\C=CC=CC1=NC(=O)c1ccccc1. The second kappa shape index (κ2) is 6.54. The molecule has 114 valence electrons. The van der Waals surface area contributed by atoms with Gasteiger partial charge in [-0.05, 0) is 39.0 Å². The van der Waals surface area contributed by atoms with Gasteiger partial charge < -0.3 is 0 Å². The molecule has 0 aliphatic heterocycles. The summed E-state index contributed by atoms with van der Waals surface area (Å²) in [5.74, 6) is -0.304. The topological polar surface area (TPSA) is 52.9 Å². The molecular formula is C18H20N2O2. The average molecular weight is 296 g/mol. The van der Waals surface area contributed by atoms with Gasteiger partial charge in [-0.1, -0.05) is 36.4 Å². The second-order valence-electron chi connectivity index (χ2n) is 5.99. The Morgan fingerprint density at radius 1 is 1.14 bits per heavy atom. The predicted molar refractivity (Wildman–Crippen MR) is 87.9 cm³/mol. The van der Waals surface area contributed by atoms with Crippen molar-refractivity contribution in [1.82, 2.24) is 5.06 Å². The number of benzene rings is 1. The first-order valence-corrected chi connectivity index (χ1v) is 7.11. The van der Waals surface area contributed by atoms with Crippen molar-refractivity contribution in [2.75, 3.05) is 0 Å². The van der Waals surface area contributed by atoms with Gasteiger partial charge in [0.2, 0.25) is 0 Å². The molecule has 4 nitrogen and oxygen atoms in total. The molecule has 0 fully saturated rings. The standard InChI is InChI=1S/C18H20N2O2/c1-18(2,3)20(22)13-15-11-7-8-12-16(15)19-17(21)14-9-5-4-6-10-14/h4-13,22H,1-3H3/b15-13+,19-16?. The van der Waals surface area contributed by atoms with Gasteiger partial charge in [0, 0.05) is 17.3 Å². The van der Waals surface area contributed by atoms with Crippen LogP contribution in [0.4, 0.5) is 0 Å². The maximum Gasteiger partial charge on any atom is 0.277 e. The van der Waals surface area contributed by atoms with Crippen molar-refractivity contribution in [1.29, 1.82) is 0 Å². The van der Waals surface area contributed by atoms with Crippen LogP contribution in [0.3, 0.4) is 0 Å². The van der Waals surface area contributed by atoms with Gasteiger partial charge in [0.05, 0.1) is 11.3 Å². The summed E-state index contributed by atoms with van der Waals surface area (Å²) in [6, 6.07) is 8.91. The maximum atomic E-state index is 12.2. The molecule has 2 rings (SSSR count). The van der Waals surface area contributed by atoms with Crippen molar-refractivity contribution in [3.05, 3.63) is 72.0 Å². The summed E-state index contributed by atoms with van der Waals surface area (Å²) in [7, 11) is 0. The Morgan fingerprint density at radius 3 is 2.41 bits per heavy atom. The van der Waals surface area contributed by atoms with Gasteiger partial charge in [-0.3, -0.25) is 15.1 Å². The van der Waals surface area contributed by atoms with E-state index in [1.165, 1.54) is 0 Å². The zero-order valence-electron chi connectivity index (χ0n) is 13.0. The zero-order chi connectivity index (χ0) is 16.2. The van der Waals surface area contributed by atoms with Crippen molar-refractivity contribution in [2.24, 2.45) is 4.99 Å². The number of carbonyl (C=O) groups is 1. The van der Waals surface area contributed by atoms with Crippen molar-refractivity contribution in [2.45, 2.75) is 26.3 Å². The Bertz CT molecular complexity index is 662. The third kappa shape index (κ3) is 4.02. The van der Waals surface area contributed by atoms with Crippen LogP contribution in [0.5, 0.6) is 0 Å². The quantitative estimate of drug-likeness (QED) is 0.845. The van der Waals surface area contributed by atoms with Crippen LogP contribution < -0.4 is 0 Å². The van der Waals surface area contributed by atoms with Gasteiger partial charge in [0.1, 0.15) is 0 Å². The van der Waals surface area contributed by atoms with Crippen LogP contribution in [0, 0.1) is 0 Å². The summed E-state index contributed by atoms with van der Waals surface area (Å²) < 4.78 is 0. The van der Waals surface area contributed by atoms with Crippen molar-refractivity contribution in [3.8, 4) is 0 Å². The predicted octanol–water partition coefficient (Wildman–Crippen LogP) is 3.77. The summed E-state index contributed by atoms with van der Waals surface area (Å²) in [6.07, 6.45) is 8.80. The number of carbonyl (C=O) groups excluding carboxylic acids is 1. The minimum atomic E-state index is -0.434. The summed E-state index contributed by atoms with van der Waals surface area (Å²) in [4.78, 5) is 16.3. The second-order valence-corrected chi connectivity index (χ2v) is 5.99. The third-order valence-electron chi connectivity index (χ3n) is 3.13. The molecule has 1 aromatic carbocycles. The lowest BCUT2D eigenvalue weighted by Crippen LogP contribution is -2.34. The van der Waals surface area contributed by atoms with E-state index in [0.29, 0.717) is 16.8 Å². The highest BCUT2D eigenvalue weighted by atomic mass is 16.5. The fourth-order valence-corrected chi connectivity index (χ4v) is 1.78. The molecule has 0 atom stereocenters. The molecule has 0 saturated carbocycles. The fourth-order valence-electron chi connectivity index (χ4n) is 1.78. The van der Waals surface area contributed by atoms with E-state index in [9.17, 15) is 10.0 Å². The van der Waals surface area contributed by atoms with E-state index in [-0.39, 0.29) is 5.91 Å². The minimum absolute atomic E-state index is 0.304. The van der Waals surface area contributed by atoms with Crippen LogP contribution in [0.1, 0.15) is 31.1 Å². The summed E-state index contributed by atoms with van der Waals surface area (Å²) >= 11 is 0. The molecule has 0 aromatic heterocycles. The Hall–Kier alpha value is -2.46. The van der Waals surface area contributed by atoms with E-state index in [0.717, 1.165) is 5.06 Å². The van der Waals surface area contributed by atoms with E-state index >= 15 is 0 Å². The average Bonchev–Trinajstić information content (AvgIpc) is 2.49. The number of hydrogen-bond acceptors (Lipinski definition) is 3. The number of nitrogens with zero attached hydrogens (tertiary/aromatic N) is 2. The first-order valence-electron chi connectivity index (χ1n) is 7.11. The molecule has 0 spiro atoms. The molecule has 0 saturated heterocycles. The molecule has 4 heteroatoms. The Kier molecular flexibility index (Phi) is 4.73. The first kappa shape index (κ1) is 15.9. The highest BCUT2D eigenvalue weighted by Crippen LogP contribution is 2.16. The smallest absolute Gasteiger partial charge is 0.277 e. The summed E-state index contributed by atoms with van der Waals surface area (Å²) in [5.41, 5.74) is 1.31. The zero-order valence-corrected chi connectivity index (χ0v) is 13.0. The lowest BCUT2D eigenvalue weighted by Gasteiger charge is -2.29. The molecule has 1 aliphatic carbocycles. The number of rotatable bonds is 2. The van der Waals surface area contributed by atoms with E-state index in [2.05, 4.69) is 4.99 Å². The van der Waals surface area contributed by atoms with Crippen LogP contribution in [0.25, 0.3) is 0 Å². The van der Waals surface area contributed by atoms with E-state index in [1.807, 2.05) is 45.1 Å². The van der Waals surface area contributed by atoms with Crippen molar-refractivity contribution < 1.29 is 10.0 Å². The molecular weight excluding hydrogens is 276 g/mol. The molecule has 1 N–H and O–H groups in total. The molecule has 1 amide bonds. The van der Waals surface area contributed by atoms with Crippen LogP contribution in [-0.4, -0.2) is 27.4 Å². The molecule has 0 unspecified atom stereocenters. The van der Waals surface area contributed by atoms with Crippen LogP contribution >= 0.6 is 0 Å². The van der Waals surface area contributed by atoms with Gasteiger partial charge in [0.15, 0.2) is 0 Å². The Balaban J connectivity index is 2.30. The maximum absolute atomic E-state index is 12.2. The largest absolute Gasteiger partial charge is 0.288 e. The van der Waals surface area contributed by atoms with Gasteiger partial charge in [-0.25, -0.2) is 4.99 Å². The monoisotopic (exact) mass is 296 g/mol. The van der Waals surface area contributed by atoms with Crippen molar-refractivity contribution >= 4 is 11.6 Å². The molecule has 1 aromatic rings. The van der Waals surface area contributed by atoms with Crippen LogP contribution in [0.2, 0.25) is 0 Å². The van der Waals surface area contributed by atoms with E-state index in [4.69, 9.17) is 0 Å². The molecule has 0 bridgehead atoms. The first-order chi connectivity index (χ1) is 10.4. The lowest BCUT2D eigenvalue weighted by atomic mass is 10.0. The van der Waals surface area contributed by atoms with E-state index in [1.54, 1.807) is 36.5 Å². The number of allylic oxidation sites excluding steroid dienone is 5. The Labute approximate surface area is 130 Å². The molecule has 22 heavy (non-hydrogen) atoms. The van der Waals surface area contributed by atoms with Gasteiger partial charge >= 0.3 is 0 Å². The van der Waals surface area contributed by atoms with Crippen molar-refractivity contribution in [3.63, 3.8) is 0 Å². The minimum Gasteiger partial charge on any atom is -0.288 e. The van der Waals surface area contributed by atoms with Gasteiger partial charge in [-0.15, -0.1) is 0 Å². The Morgan fingerprint density at radius 2 is 1.77 bits per heavy atom. The van der Waals surface area contributed by atoms with Gasteiger partial charge in [0.25, 0.3) is 5.91 Å². The number of hydroxylamine groups is 2. The van der Waals surface area contributed by atoms with Gasteiger partial charge in [-0.2, -0.15) is 0 Å². The summed E-state index contributed by atoms with van der Waals surface area (Å²) in [5, 5.41) is 11.2. The summed E-state index contributed by atoms with van der Waals surface area (Å²) in [6.45, 7) is 5.66. The highest BCUT2D eigenvalue weighted by molar-refractivity contribution is 6.17. The normalized spacial score (nSPS) is 18.0. The number of hydrogen-bond donors (Lipinski definition) is 1. The highest BCUT2D eigenvalue weighted by Gasteiger charge is 2.18. The third-order valence-corrected chi connectivity index (χ3v) is 3.13. The van der Waals surface area contributed by atoms with E-state index < -0.39 is 5.54 Å². The number of amides is 1. The molecule has 0 radical (unpaired) electrons.